The molecule has 150 valence electrons. The summed E-state index contributed by atoms with van der Waals surface area (Å²) in [5.74, 6) is -2.34. The van der Waals surface area contributed by atoms with Gasteiger partial charge in [0, 0.05) is 0 Å². The number of Topliss-reactive ketones (excluding diaryl/α,β-unsaturated/α-hetero) is 1. The molecule has 1 aliphatic carbocycles. The first-order valence-corrected chi connectivity index (χ1v) is 8.79. The molecule has 0 saturated carbocycles. The SMILES string of the molecule is O=C1c2ccccc2O[C@@H]2C=C(O)C([C@@H]3O[C@H](CO)[C@@H](O)[C@@H](O)[C@H]3O)=C(O)[C@H]12. The van der Waals surface area contributed by atoms with Gasteiger partial charge in [-0.1, -0.05) is 12.1 Å². The molecule has 0 aromatic heterocycles. The van der Waals surface area contributed by atoms with Gasteiger partial charge in [-0.2, -0.15) is 0 Å². The summed E-state index contributed by atoms with van der Waals surface area (Å²) in [4.78, 5) is 12.9. The molecular weight excluding hydrogens is 372 g/mol. The highest BCUT2D eigenvalue weighted by Crippen LogP contribution is 2.41. The molecule has 0 radical (unpaired) electrons. The van der Waals surface area contributed by atoms with Crippen LogP contribution in [0.15, 0.2) is 47.4 Å². The second kappa shape index (κ2) is 6.87. The molecule has 4 rings (SSSR count). The lowest BCUT2D eigenvalue weighted by Gasteiger charge is -2.42. The average Bonchev–Trinajstić information content (AvgIpc) is 2.67. The Morgan fingerprint density at radius 3 is 2.43 bits per heavy atom. The highest BCUT2D eigenvalue weighted by molar-refractivity contribution is 6.03. The third-order valence-corrected chi connectivity index (χ3v) is 5.37. The Hall–Kier alpha value is -2.43. The molecule has 2 heterocycles. The molecule has 0 spiro atoms. The summed E-state index contributed by atoms with van der Waals surface area (Å²) in [5, 5.41) is 60.8. The normalized spacial score (nSPS) is 37.6. The molecule has 1 saturated heterocycles. The first kappa shape index (κ1) is 18.9. The van der Waals surface area contributed by atoms with Gasteiger partial charge in [-0.05, 0) is 18.2 Å². The molecule has 0 bridgehead atoms. The monoisotopic (exact) mass is 392 g/mol. The van der Waals surface area contributed by atoms with Crippen LogP contribution in [0.1, 0.15) is 10.4 Å². The van der Waals surface area contributed by atoms with Gasteiger partial charge in [0.1, 0.15) is 59.8 Å². The topological polar surface area (TPSA) is 157 Å². The molecule has 28 heavy (non-hydrogen) atoms. The van der Waals surface area contributed by atoms with E-state index in [-0.39, 0.29) is 11.1 Å². The number of carbonyl (C=O) groups is 1. The minimum absolute atomic E-state index is 0.262. The average molecular weight is 392 g/mol. The number of carbonyl (C=O) groups excluding carboxylic acids is 1. The Balaban J connectivity index is 1.75. The van der Waals surface area contributed by atoms with E-state index in [1.807, 2.05) is 0 Å². The number of ketones is 1. The molecule has 2 aliphatic heterocycles. The van der Waals surface area contributed by atoms with Crippen molar-refractivity contribution in [3.05, 3.63) is 53.0 Å². The van der Waals surface area contributed by atoms with Gasteiger partial charge in [-0.25, -0.2) is 0 Å². The van der Waals surface area contributed by atoms with Crippen molar-refractivity contribution in [3.63, 3.8) is 0 Å². The molecule has 1 fully saturated rings. The molecular formula is C19H20O9. The van der Waals surface area contributed by atoms with Gasteiger partial charge in [-0.3, -0.25) is 4.79 Å². The van der Waals surface area contributed by atoms with Gasteiger partial charge in [-0.15, -0.1) is 0 Å². The van der Waals surface area contributed by atoms with Crippen LogP contribution < -0.4 is 4.74 Å². The number of hydrogen-bond acceptors (Lipinski definition) is 9. The maximum atomic E-state index is 12.9. The molecule has 1 aromatic rings. The van der Waals surface area contributed by atoms with Crippen LogP contribution in [0.3, 0.4) is 0 Å². The minimum Gasteiger partial charge on any atom is -0.511 e. The molecule has 1 aromatic carbocycles. The van der Waals surface area contributed by atoms with Gasteiger partial charge in [0.2, 0.25) is 0 Å². The second-order valence-electron chi connectivity index (χ2n) is 7.02. The van der Waals surface area contributed by atoms with Gasteiger partial charge in [0.25, 0.3) is 0 Å². The quantitative estimate of drug-likeness (QED) is 0.385. The zero-order chi connectivity index (χ0) is 20.2. The molecule has 0 unspecified atom stereocenters. The van der Waals surface area contributed by atoms with Gasteiger partial charge in [0.05, 0.1) is 17.7 Å². The number of aliphatic hydroxyl groups excluding tert-OH is 6. The lowest BCUT2D eigenvalue weighted by Crippen LogP contribution is -2.59. The highest BCUT2D eigenvalue weighted by Gasteiger charge is 2.50. The fourth-order valence-corrected chi connectivity index (χ4v) is 3.89. The van der Waals surface area contributed by atoms with Gasteiger partial charge < -0.3 is 40.1 Å². The number of para-hydroxylation sites is 1. The number of fused-ring (bicyclic) bond motifs is 2. The predicted octanol–water partition coefficient (Wildman–Crippen LogP) is -0.644. The summed E-state index contributed by atoms with van der Waals surface area (Å²) in [6.45, 7) is -0.665. The van der Waals surface area contributed by atoms with E-state index in [0.29, 0.717) is 5.75 Å². The van der Waals surface area contributed by atoms with Crippen molar-refractivity contribution in [1.82, 2.24) is 0 Å². The van der Waals surface area contributed by atoms with Crippen LogP contribution in [0, 0.1) is 5.92 Å². The summed E-state index contributed by atoms with van der Waals surface area (Å²) in [6.07, 6.45) is -7.45. The molecule has 9 heteroatoms. The Morgan fingerprint density at radius 1 is 1.00 bits per heavy atom. The van der Waals surface area contributed by atoms with Gasteiger partial charge in [0.15, 0.2) is 5.78 Å². The lowest BCUT2D eigenvalue weighted by molar-refractivity contribution is -0.220. The molecule has 0 amide bonds. The van der Waals surface area contributed by atoms with Crippen LogP contribution in [-0.2, 0) is 4.74 Å². The predicted molar refractivity (Wildman–Crippen MR) is 92.8 cm³/mol. The summed E-state index contributed by atoms with van der Waals surface area (Å²) in [7, 11) is 0. The molecule has 7 atom stereocenters. The molecule has 3 aliphatic rings. The fourth-order valence-electron chi connectivity index (χ4n) is 3.89. The number of hydrogen-bond donors (Lipinski definition) is 6. The Morgan fingerprint density at radius 2 is 1.71 bits per heavy atom. The Bertz CT molecular complexity index is 859. The summed E-state index contributed by atoms with van der Waals surface area (Å²) < 4.78 is 11.1. The largest absolute Gasteiger partial charge is 0.511 e. The zero-order valence-corrected chi connectivity index (χ0v) is 14.5. The smallest absolute Gasteiger partial charge is 0.181 e. The first-order valence-electron chi connectivity index (χ1n) is 8.79. The van der Waals surface area contributed by atoms with Crippen LogP contribution in [0.2, 0.25) is 0 Å². The third kappa shape index (κ3) is 2.71. The van der Waals surface area contributed by atoms with Crippen molar-refractivity contribution >= 4 is 5.78 Å². The minimum atomic E-state index is -1.71. The van der Waals surface area contributed by atoms with Crippen LogP contribution in [0.4, 0.5) is 0 Å². The van der Waals surface area contributed by atoms with Crippen molar-refractivity contribution in [3.8, 4) is 5.75 Å². The van der Waals surface area contributed by atoms with E-state index >= 15 is 0 Å². The third-order valence-electron chi connectivity index (χ3n) is 5.37. The number of rotatable bonds is 2. The van der Waals surface area contributed by atoms with Crippen LogP contribution >= 0.6 is 0 Å². The number of benzene rings is 1. The molecule has 9 nitrogen and oxygen atoms in total. The first-order chi connectivity index (χ1) is 13.3. The van der Waals surface area contributed by atoms with Crippen molar-refractivity contribution < 1.29 is 44.9 Å². The summed E-state index contributed by atoms with van der Waals surface area (Å²) in [5.41, 5.74) is -0.0345. The number of ether oxygens (including phenoxy) is 2. The van der Waals surface area contributed by atoms with Crippen molar-refractivity contribution in [1.29, 1.82) is 0 Å². The number of aliphatic hydroxyl groups is 6. The van der Waals surface area contributed by atoms with Crippen LogP contribution in [-0.4, -0.2) is 79.7 Å². The van der Waals surface area contributed by atoms with Crippen LogP contribution in [0.5, 0.6) is 5.75 Å². The standard InChI is InChI=1S/C19H20O9/c20-6-11-15(23)17(25)18(26)19(28-11)12-8(21)5-10-13(16(12)24)14(22)7-3-1-2-4-9(7)27-10/h1-5,10-11,13,15,17-21,23-26H,6H2/t10-,11-,13+,15-,17-,18-,19+/m1/s1. The maximum absolute atomic E-state index is 12.9. The Labute approximate surface area is 159 Å². The van der Waals surface area contributed by atoms with Crippen molar-refractivity contribution in [2.24, 2.45) is 5.92 Å². The van der Waals surface area contributed by atoms with Crippen molar-refractivity contribution in [2.45, 2.75) is 36.6 Å². The lowest BCUT2D eigenvalue weighted by atomic mass is 9.79. The van der Waals surface area contributed by atoms with E-state index in [1.165, 1.54) is 6.08 Å². The highest BCUT2D eigenvalue weighted by atomic mass is 16.5. The van der Waals surface area contributed by atoms with Crippen LogP contribution in [0.25, 0.3) is 0 Å². The molecule has 6 N–H and O–H groups in total. The van der Waals surface area contributed by atoms with E-state index in [1.54, 1.807) is 24.3 Å². The second-order valence-corrected chi connectivity index (χ2v) is 7.02. The summed E-state index contributed by atoms with van der Waals surface area (Å²) >= 11 is 0. The van der Waals surface area contributed by atoms with E-state index in [4.69, 9.17) is 9.47 Å². The van der Waals surface area contributed by atoms with E-state index in [9.17, 15) is 35.4 Å². The maximum Gasteiger partial charge on any atom is 0.181 e. The summed E-state index contributed by atoms with van der Waals surface area (Å²) in [6, 6.07) is 6.48. The van der Waals surface area contributed by atoms with Crippen molar-refractivity contribution in [2.75, 3.05) is 6.61 Å². The van der Waals surface area contributed by atoms with E-state index < -0.39 is 66.5 Å². The Kier molecular flexibility index (Phi) is 4.64. The van der Waals surface area contributed by atoms with Gasteiger partial charge >= 0.3 is 0 Å². The van der Waals surface area contributed by atoms with E-state index in [2.05, 4.69) is 0 Å². The zero-order valence-electron chi connectivity index (χ0n) is 14.5. The van der Waals surface area contributed by atoms with E-state index in [0.717, 1.165) is 0 Å². The fraction of sp³-hybridized carbons (Fsp3) is 0.421.